The zero-order valence-electron chi connectivity index (χ0n) is 15.2. The molecule has 1 aromatic carbocycles. The molecular weight excluding hydrogens is 348 g/mol. The lowest BCUT2D eigenvalue weighted by Crippen LogP contribution is -2.56. The van der Waals surface area contributed by atoms with Crippen LogP contribution in [0.2, 0.25) is 0 Å². The first-order valence-corrected chi connectivity index (χ1v) is 10.6. The Balaban J connectivity index is 1.55. The normalized spacial score (nSPS) is 28.9. The number of aliphatic carboxylic acids is 1. The molecular formula is C20H30N2O3S. The second-order valence-electron chi connectivity index (χ2n) is 7.70. The highest BCUT2D eigenvalue weighted by Crippen LogP contribution is 2.38. The van der Waals surface area contributed by atoms with E-state index in [1.807, 2.05) is 35.2 Å². The Morgan fingerprint density at radius 3 is 2.62 bits per heavy atom. The maximum Gasteiger partial charge on any atom is 0.320 e. The van der Waals surface area contributed by atoms with Gasteiger partial charge >= 0.3 is 5.97 Å². The van der Waals surface area contributed by atoms with Gasteiger partial charge in [0.2, 0.25) is 0 Å². The molecule has 6 heteroatoms. The molecule has 0 amide bonds. The van der Waals surface area contributed by atoms with E-state index >= 15 is 0 Å². The number of carboxylic acids is 1. The third kappa shape index (κ3) is 5.00. The summed E-state index contributed by atoms with van der Waals surface area (Å²) in [7, 11) is 0. The monoisotopic (exact) mass is 378 g/mol. The summed E-state index contributed by atoms with van der Waals surface area (Å²) >= 11 is 1.62. The van der Waals surface area contributed by atoms with Crippen molar-refractivity contribution in [3.8, 4) is 0 Å². The van der Waals surface area contributed by atoms with E-state index in [9.17, 15) is 15.0 Å². The fourth-order valence-corrected chi connectivity index (χ4v) is 5.31. The Morgan fingerprint density at radius 1 is 1.23 bits per heavy atom. The van der Waals surface area contributed by atoms with Gasteiger partial charge in [0.25, 0.3) is 0 Å². The standard InChI is InChI=1S/C20H30N2O3S/c21-17(13-26-16-8-2-1-3-9-16)19(23)12-22-11-15-7-5-4-6-14(15)10-18(22)20(24)25/h1-3,8-9,14-15,17-19,23H,4-7,10-13,21H2,(H,24,25)/t14-,15+,17-,18-,19+/m0/s1. The molecule has 144 valence electrons. The van der Waals surface area contributed by atoms with Crippen LogP contribution < -0.4 is 5.73 Å². The number of piperidine rings is 1. The average molecular weight is 379 g/mol. The van der Waals surface area contributed by atoms with Gasteiger partial charge in [0.15, 0.2) is 0 Å². The summed E-state index contributed by atoms with van der Waals surface area (Å²) in [5.74, 6) is 0.943. The number of carboxylic acid groups (broad SMARTS) is 1. The predicted octanol–water partition coefficient (Wildman–Crippen LogP) is 2.43. The van der Waals surface area contributed by atoms with Crippen molar-refractivity contribution in [1.82, 2.24) is 4.90 Å². The Morgan fingerprint density at radius 2 is 1.92 bits per heavy atom. The van der Waals surface area contributed by atoms with Crippen LogP contribution in [0.4, 0.5) is 0 Å². The van der Waals surface area contributed by atoms with Crippen molar-refractivity contribution in [2.24, 2.45) is 17.6 Å². The molecule has 2 aliphatic rings. The molecule has 1 aliphatic heterocycles. The quantitative estimate of drug-likeness (QED) is 0.632. The summed E-state index contributed by atoms with van der Waals surface area (Å²) in [5.41, 5.74) is 6.19. The van der Waals surface area contributed by atoms with Gasteiger partial charge in [-0.15, -0.1) is 11.8 Å². The van der Waals surface area contributed by atoms with Gasteiger partial charge in [-0.25, -0.2) is 0 Å². The molecule has 1 saturated heterocycles. The second kappa shape index (κ2) is 9.22. The number of aliphatic hydroxyl groups is 1. The van der Waals surface area contributed by atoms with Crippen molar-refractivity contribution < 1.29 is 15.0 Å². The maximum absolute atomic E-state index is 11.7. The van der Waals surface area contributed by atoms with Crippen molar-refractivity contribution >= 4 is 17.7 Å². The average Bonchev–Trinajstić information content (AvgIpc) is 2.66. The summed E-state index contributed by atoms with van der Waals surface area (Å²) in [6.07, 6.45) is 4.78. The van der Waals surface area contributed by atoms with Crippen molar-refractivity contribution in [2.45, 2.75) is 55.2 Å². The van der Waals surface area contributed by atoms with E-state index in [-0.39, 0.29) is 6.04 Å². The molecule has 2 fully saturated rings. The van der Waals surface area contributed by atoms with Crippen molar-refractivity contribution in [1.29, 1.82) is 0 Å². The first-order valence-electron chi connectivity index (χ1n) is 9.63. The van der Waals surface area contributed by atoms with E-state index < -0.39 is 18.1 Å². The van der Waals surface area contributed by atoms with Gasteiger partial charge in [0.05, 0.1) is 6.10 Å². The zero-order valence-corrected chi connectivity index (χ0v) is 16.0. The van der Waals surface area contributed by atoms with Gasteiger partial charge in [-0.05, 0) is 36.8 Å². The fraction of sp³-hybridized carbons (Fsp3) is 0.650. The summed E-state index contributed by atoms with van der Waals surface area (Å²) in [4.78, 5) is 14.8. The van der Waals surface area contributed by atoms with Crippen LogP contribution in [0.15, 0.2) is 35.2 Å². The molecule has 0 unspecified atom stereocenters. The van der Waals surface area contributed by atoms with Crippen LogP contribution in [0.3, 0.4) is 0 Å². The first kappa shape index (κ1) is 19.7. The van der Waals surface area contributed by atoms with Crippen LogP contribution in [0.25, 0.3) is 0 Å². The molecule has 5 nitrogen and oxygen atoms in total. The largest absolute Gasteiger partial charge is 0.480 e. The molecule has 1 saturated carbocycles. The minimum absolute atomic E-state index is 0.344. The van der Waals surface area contributed by atoms with Crippen LogP contribution in [0, 0.1) is 11.8 Å². The van der Waals surface area contributed by atoms with E-state index in [4.69, 9.17) is 5.73 Å². The van der Waals surface area contributed by atoms with Gasteiger partial charge in [-0.3, -0.25) is 9.69 Å². The number of β-amino-alcohol motifs (C(OH)–C–C–N with tert-alkyl or cyclic N) is 1. The number of hydrogen-bond donors (Lipinski definition) is 3. The van der Waals surface area contributed by atoms with Crippen LogP contribution in [0.5, 0.6) is 0 Å². The highest BCUT2D eigenvalue weighted by Gasteiger charge is 2.40. The number of hydrogen-bond acceptors (Lipinski definition) is 5. The fourth-order valence-electron chi connectivity index (χ4n) is 4.35. The van der Waals surface area contributed by atoms with Gasteiger partial charge in [-0.1, -0.05) is 37.5 Å². The van der Waals surface area contributed by atoms with Gasteiger partial charge in [-0.2, -0.15) is 0 Å². The SMILES string of the molecule is N[C@@H](CSc1ccccc1)[C@H](O)CN1C[C@H]2CCCC[C@H]2C[C@H]1C(=O)O. The van der Waals surface area contributed by atoms with Crippen LogP contribution >= 0.6 is 11.8 Å². The van der Waals surface area contributed by atoms with E-state index in [2.05, 4.69) is 0 Å². The molecule has 3 rings (SSSR count). The Bertz CT molecular complexity index is 586. The minimum atomic E-state index is -0.770. The highest BCUT2D eigenvalue weighted by molar-refractivity contribution is 7.99. The van der Waals surface area contributed by atoms with Gasteiger partial charge in [0.1, 0.15) is 6.04 Å². The molecule has 5 atom stereocenters. The van der Waals surface area contributed by atoms with Gasteiger partial charge in [0, 0.05) is 29.8 Å². The number of fused-ring (bicyclic) bond motifs is 1. The maximum atomic E-state index is 11.7. The number of rotatable bonds is 7. The van der Waals surface area contributed by atoms with E-state index in [1.54, 1.807) is 11.8 Å². The zero-order chi connectivity index (χ0) is 18.5. The molecule has 0 radical (unpaired) electrons. The number of likely N-dealkylation sites (tertiary alicyclic amines) is 1. The summed E-state index contributed by atoms with van der Waals surface area (Å²) in [5, 5.41) is 20.2. The molecule has 4 N–H and O–H groups in total. The molecule has 26 heavy (non-hydrogen) atoms. The van der Waals surface area contributed by atoms with E-state index in [0.717, 1.165) is 17.9 Å². The molecule has 0 bridgehead atoms. The third-order valence-corrected chi connectivity index (χ3v) is 7.05. The lowest BCUT2D eigenvalue weighted by Gasteiger charge is -2.45. The topological polar surface area (TPSA) is 86.8 Å². The van der Waals surface area contributed by atoms with Crippen LogP contribution in [-0.4, -0.2) is 58.1 Å². The smallest absolute Gasteiger partial charge is 0.320 e. The lowest BCUT2D eigenvalue weighted by molar-refractivity contribution is -0.148. The number of benzene rings is 1. The van der Waals surface area contributed by atoms with Crippen LogP contribution in [0.1, 0.15) is 32.1 Å². The predicted molar refractivity (Wildman–Crippen MR) is 104 cm³/mol. The molecule has 1 aromatic rings. The third-order valence-electron chi connectivity index (χ3n) is 5.89. The molecule has 0 spiro atoms. The molecule has 1 aliphatic carbocycles. The number of carbonyl (C=O) groups is 1. The first-order chi connectivity index (χ1) is 12.5. The summed E-state index contributed by atoms with van der Waals surface area (Å²) < 4.78 is 0. The van der Waals surface area contributed by atoms with Crippen molar-refractivity contribution in [3.05, 3.63) is 30.3 Å². The van der Waals surface area contributed by atoms with E-state index in [0.29, 0.717) is 30.6 Å². The number of aliphatic hydroxyl groups excluding tert-OH is 1. The number of thioether (sulfide) groups is 1. The number of nitrogens with zero attached hydrogens (tertiary/aromatic N) is 1. The van der Waals surface area contributed by atoms with Crippen molar-refractivity contribution in [2.75, 3.05) is 18.8 Å². The Hall–Kier alpha value is -1.08. The Labute approximate surface area is 160 Å². The Kier molecular flexibility index (Phi) is 6.98. The van der Waals surface area contributed by atoms with E-state index in [1.165, 1.54) is 19.3 Å². The second-order valence-corrected chi connectivity index (χ2v) is 8.80. The van der Waals surface area contributed by atoms with Crippen LogP contribution in [-0.2, 0) is 4.79 Å². The van der Waals surface area contributed by atoms with Gasteiger partial charge < -0.3 is 15.9 Å². The van der Waals surface area contributed by atoms with Crippen molar-refractivity contribution in [3.63, 3.8) is 0 Å². The number of nitrogens with two attached hydrogens (primary N) is 1. The minimum Gasteiger partial charge on any atom is -0.480 e. The lowest BCUT2D eigenvalue weighted by atomic mass is 9.73. The highest BCUT2D eigenvalue weighted by atomic mass is 32.2. The molecule has 0 aromatic heterocycles. The molecule has 1 heterocycles. The summed E-state index contributed by atoms with van der Waals surface area (Å²) in [6, 6.07) is 9.12. The summed E-state index contributed by atoms with van der Waals surface area (Å²) in [6.45, 7) is 1.12.